The molecule has 0 radical (unpaired) electrons. The zero-order chi connectivity index (χ0) is 19.3. The molecule has 1 aromatic carbocycles. The molecule has 4 aromatic rings. The van der Waals surface area contributed by atoms with Gasteiger partial charge in [0.25, 0.3) is 5.56 Å². The third-order valence-electron chi connectivity index (χ3n) is 5.35. The van der Waals surface area contributed by atoms with Crippen LogP contribution in [0.15, 0.2) is 57.9 Å². The molecule has 1 saturated heterocycles. The van der Waals surface area contributed by atoms with Gasteiger partial charge >= 0.3 is 0 Å². The number of aryl methyl sites for hydroxylation is 1. The molecule has 4 heterocycles. The van der Waals surface area contributed by atoms with Crippen LogP contribution in [0, 0.1) is 6.92 Å². The summed E-state index contributed by atoms with van der Waals surface area (Å²) in [4.78, 5) is 19.5. The van der Waals surface area contributed by atoms with E-state index in [4.69, 9.17) is 4.42 Å². The Morgan fingerprint density at radius 1 is 1.14 bits per heavy atom. The molecule has 1 N–H and O–H groups in total. The normalized spacial score (nSPS) is 17.5. The SMILES string of the molecule is Cc1nc2ccc(-c3cc(=O)n4cc(N5CCNC(C)C5)ccc4c3)cc2o1. The number of hydrogen-bond acceptors (Lipinski definition) is 5. The molecule has 6 heteroatoms. The van der Waals surface area contributed by atoms with E-state index in [-0.39, 0.29) is 5.56 Å². The Morgan fingerprint density at radius 3 is 2.89 bits per heavy atom. The Balaban J connectivity index is 1.56. The summed E-state index contributed by atoms with van der Waals surface area (Å²) in [5.74, 6) is 0.639. The fraction of sp³-hybridized carbons (Fsp3) is 0.273. The van der Waals surface area contributed by atoms with Crippen molar-refractivity contribution in [2.24, 2.45) is 0 Å². The fourth-order valence-corrected chi connectivity index (χ4v) is 3.95. The molecule has 1 aliphatic heterocycles. The van der Waals surface area contributed by atoms with Crippen LogP contribution in [0.5, 0.6) is 0 Å². The van der Waals surface area contributed by atoms with Gasteiger partial charge in [-0.05, 0) is 48.4 Å². The molecule has 28 heavy (non-hydrogen) atoms. The van der Waals surface area contributed by atoms with Crippen molar-refractivity contribution in [3.63, 3.8) is 0 Å². The van der Waals surface area contributed by atoms with E-state index in [9.17, 15) is 4.79 Å². The van der Waals surface area contributed by atoms with Crippen molar-refractivity contribution in [2.45, 2.75) is 19.9 Å². The molecule has 0 bridgehead atoms. The Kier molecular flexibility index (Phi) is 3.94. The van der Waals surface area contributed by atoms with Crippen LogP contribution in [-0.4, -0.2) is 35.1 Å². The van der Waals surface area contributed by atoms with Gasteiger partial charge in [-0.25, -0.2) is 4.98 Å². The van der Waals surface area contributed by atoms with Gasteiger partial charge in [0.15, 0.2) is 11.5 Å². The van der Waals surface area contributed by atoms with Crippen molar-refractivity contribution in [3.8, 4) is 11.1 Å². The maximum Gasteiger partial charge on any atom is 0.255 e. The third kappa shape index (κ3) is 2.96. The number of piperazine rings is 1. The minimum Gasteiger partial charge on any atom is -0.441 e. The predicted molar refractivity (Wildman–Crippen MR) is 111 cm³/mol. The Bertz CT molecular complexity index is 1240. The zero-order valence-corrected chi connectivity index (χ0v) is 16.0. The Labute approximate surface area is 162 Å². The summed E-state index contributed by atoms with van der Waals surface area (Å²) >= 11 is 0. The molecule has 1 atom stereocenters. The number of benzene rings is 1. The summed E-state index contributed by atoms with van der Waals surface area (Å²) in [6.45, 7) is 6.85. The molecule has 0 amide bonds. The van der Waals surface area contributed by atoms with E-state index in [0.29, 0.717) is 11.9 Å². The van der Waals surface area contributed by atoms with E-state index < -0.39 is 0 Å². The second kappa shape index (κ2) is 6.49. The smallest absolute Gasteiger partial charge is 0.255 e. The third-order valence-corrected chi connectivity index (χ3v) is 5.35. The molecular formula is C22H22N4O2. The average molecular weight is 374 g/mol. The highest BCUT2D eigenvalue weighted by Gasteiger charge is 2.16. The lowest BCUT2D eigenvalue weighted by Gasteiger charge is -2.33. The fourth-order valence-electron chi connectivity index (χ4n) is 3.95. The summed E-state index contributed by atoms with van der Waals surface area (Å²) in [6, 6.07) is 14.1. The van der Waals surface area contributed by atoms with Crippen molar-refractivity contribution in [2.75, 3.05) is 24.5 Å². The number of pyridine rings is 2. The van der Waals surface area contributed by atoms with E-state index in [1.165, 1.54) is 0 Å². The minimum absolute atomic E-state index is 0.0358. The molecule has 6 nitrogen and oxygen atoms in total. The van der Waals surface area contributed by atoms with Crippen LogP contribution < -0.4 is 15.8 Å². The maximum absolute atomic E-state index is 12.8. The van der Waals surface area contributed by atoms with Crippen LogP contribution >= 0.6 is 0 Å². The van der Waals surface area contributed by atoms with Gasteiger partial charge in [-0.15, -0.1) is 0 Å². The summed E-state index contributed by atoms with van der Waals surface area (Å²) in [5.41, 5.74) is 5.31. The van der Waals surface area contributed by atoms with Crippen LogP contribution in [0.1, 0.15) is 12.8 Å². The number of hydrogen-bond donors (Lipinski definition) is 1. The molecule has 3 aromatic heterocycles. The molecule has 0 saturated carbocycles. The van der Waals surface area contributed by atoms with Crippen molar-refractivity contribution in [3.05, 3.63) is 64.9 Å². The average Bonchev–Trinajstić information content (AvgIpc) is 3.07. The van der Waals surface area contributed by atoms with Gasteiger partial charge in [-0.3, -0.25) is 9.20 Å². The first-order valence-electron chi connectivity index (χ1n) is 9.59. The van der Waals surface area contributed by atoms with Gasteiger partial charge in [0.05, 0.1) is 5.69 Å². The van der Waals surface area contributed by atoms with E-state index in [1.54, 1.807) is 10.5 Å². The number of nitrogens with zero attached hydrogens (tertiary/aromatic N) is 3. The molecule has 1 aliphatic rings. The number of nitrogens with one attached hydrogen (secondary N) is 1. The number of oxazole rings is 1. The summed E-state index contributed by atoms with van der Waals surface area (Å²) in [5, 5.41) is 3.45. The van der Waals surface area contributed by atoms with Crippen molar-refractivity contribution < 1.29 is 4.42 Å². The van der Waals surface area contributed by atoms with E-state index in [1.807, 2.05) is 43.5 Å². The number of aromatic nitrogens is 2. The Hall–Kier alpha value is -3.12. The molecule has 1 fully saturated rings. The first-order valence-corrected chi connectivity index (χ1v) is 9.59. The minimum atomic E-state index is -0.0358. The molecule has 142 valence electrons. The van der Waals surface area contributed by atoms with Gasteiger partial charge < -0.3 is 14.6 Å². The van der Waals surface area contributed by atoms with Gasteiger partial charge in [0.1, 0.15) is 5.52 Å². The quantitative estimate of drug-likeness (QED) is 0.584. The van der Waals surface area contributed by atoms with Crippen LogP contribution in [0.2, 0.25) is 0 Å². The Morgan fingerprint density at radius 2 is 2.04 bits per heavy atom. The maximum atomic E-state index is 12.8. The lowest BCUT2D eigenvalue weighted by Crippen LogP contribution is -2.49. The highest BCUT2D eigenvalue weighted by molar-refractivity contribution is 5.81. The zero-order valence-electron chi connectivity index (χ0n) is 16.0. The second-order valence-electron chi connectivity index (χ2n) is 7.48. The van der Waals surface area contributed by atoms with Crippen LogP contribution in [0.25, 0.3) is 27.7 Å². The monoisotopic (exact) mass is 374 g/mol. The molecule has 0 spiro atoms. The van der Waals surface area contributed by atoms with Gasteiger partial charge in [-0.2, -0.15) is 0 Å². The highest BCUT2D eigenvalue weighted by atomic mass is 16.3. The van der Waals surface area contributed by atoms with Crippen molar-refractivity contribution in [1.82, 2.24) is 14.7 Å². The van der Waals surface area contributed by atoms with Gasteiger partial charge in [0.2, 0.25) is 0 Å². The first-order chi connectivity index (χ1) is 13.6. The van der Waals surface area contributed by atoms with Crippen molar-refractivity contribution >= 4 is 22.3 Å². The van der Waals surface area contributed by atoms with Gasteiger partial charge in [0, 0.05) is 50.4 Å². The first kappa shape index (κ1) is 17.0. The number of fused-ring (bicyclic) bond motifs is 2. The number of anilines is 1. The van der Waals surface area contributed by atoms with Crippen LogP contribution in [-0.2, 0) is 0 Å². The van der Waals surface area contributed by atoms with Gasteiger partial charge in [-0.1, -0.05) is 6.07 Å². The van der Waals surface area contributed by atoms with E-state index in [0.717, 1.165) is 53.1 Å². The van der Waals surface area contributed by atoms with E-state index >= 15 is 0 Å². The van der Waals surface area contributed by atoms with Crippen LogP contribution in [0.4, 0.5) is 5.69 Å². The lowest BCUT2D eigenvalue weighted by atomic mass is 10.1. The predicted octanol–water partition coefficient (Wildman–Crippen LogP) is 3.21. The number of rotatable bonds is 2. The topological polar surface area (TPSA) is 62.8 Å². The highest BCUT2D eigenvalue weighted by Crippen LogP contribution is 2.26. The van der Waals surface area contributed by atoms with Crippen LogP contribution in [0.3, 0.4) is 0 Å². The summed E-state index contributed by atoms with van der Waals surface area (Å²) in [6.07, 6.45) is 1.95. The summed E-state index contributed by atoms with van der Waals surface area (Å²) in [7, 11) is 0. The molecule has 1 unspecified atom stereocenters. The second-order valence-corrected chi connectivity index (χ2v) is 7.48. The standard InChI is InChI=1S/C22H22N4O2/c1-14-12-25(8-7-23-14)19-5-4-18-9-17(11-22(27)26(18)13-19)16-3-6-20-21(10-16)28-15(2)24-20/h3-6,9-11,13-14,23H,7-8,12H2,1-2H3. The molecule has 5 rings (SSSR count). The molecular weight excluding hydrogens is 352 g/mol. The summed E-state index contributed by atoms with van der Waals surface area (Å²) < 4.78 is 7.36. The largest absolute Gasteiger partial charge is 0.441 e. The van der Waals surface area contributed by atoms with Crippen molar-refractivity contribution in [1.29, 1.82) is 0 Å². The lowest BCUT2D eigenvalue weighted by molar-refractivity contribution is 0.484. The molecule has 0 aliphatic carbocycles. The van der Waals surface area contributed by atoms with E-state index in [2.05, 4.69) is 28.2 Å².